The van der Waals surface area contributed by atoms with Gasteiger partial charge in [0.05, 0.1) is 19.4 Å². The summed E-state index contributed by atoms with van der Waals surface area (Å²) in [5.41, 5.74) is 4.82. The fourth-order valence-electron chi connectivity index (χ4n) is 2.53. The first-order valence-corrected chi connectivity index (χ1v) is 9.85. The molecule has 2 aromatic carbocycles. The predicted octanol–water partition coefficient (Wildman–Crippen LogP) is 4.66. The number of nitrogens with one attached hydrogen (secondary N) is 1. The summed E-state index contributed by atoms with van der Waals surface area (Å²) in [5.74, 6) is 1.27. The SMILES string of the molecule is Cc1cc(OCCCOc2ccc(/C=N\NC(=O)c3ccncc3)cc2)ccc1Cl. The molecule has 0 spiro atoms. The molecular weight excluding hydrogens is 402 g/mol. The molecule has 0 fully saturated rings. The molecule has 3 aromatic rings. The van der Waals surface area contributed by atoms with Crippen LogP contribution in [0.3, 0.4) is 0 Å². The van der Waals surface area contributed by atoms with E-state index in [1.165, 1.54) is 0 Å². The van der Waals surface area contributed by atoms with Crippen molar-refractivity contribution < 1.29 is 14.3 Å². The van der Waals surface area contributed by atoms with Crippen LogP contribution in [0.5, 0.6) is 11.5 Å². The minimum absolute atomic E-state index is 0.287. The van der Waals surface area contributed by atoms with Crippen molar-refractivity contribution in [3.63, 3.8) is 0 Å². The minimum atomic E-state index is -0.287. The fourth-order valence-corrected chi connectivity index (χ4v) is 2.65. The van der Waals surface area contributed by atoms with Gasteiger partial charge in [-0.05, 0) is 72.6 Å². The van der Waals surface area contributed by atoms with Crippen molar-refractivity contribution in [2.75, 3.05) is 13.2 Å². The number of halogens is 1. The average molecular weight is 424 g/mol. The Labute approximate surface area is 180 Å². The normalized spacial score (nSPS) is 10.7. The number of aryl methyl sites for hydroxylation is 1. The van der Waals surface area contributed by atoms with Gasteiger partial charge in [0.2, 0.25) is 0 Å². The zero-order chi connectivity index (χ0) is 21.2. The van der Waals surface area contributed by atoms with E-state index in [1.54, 1.807) is 30.7 Å². The van der Waals surface area contributed by atoms with E-state index in [2.05, 4.69) is 15.5 Å². The lowest BCUT2D eigenvalue weighted by molar-refractivity contribution is 0.0955. The highest BCUT2D eigenvalue weighted by atomic mass is 35.5. The summed E-state index contributed by atoms with van der Waals surface area (Å²) in [7, 11) is 0. The summed E-state index contributed by atoms with van der Waals surface area (Å²) >= 11 is 6.01. The third-order valence-electron chi connectivity index (χ3n) is 4.16. The van der Waals surface area contributed by atoms with Gasteiger partial charge in [0.25, 0.3) is 5.91 Å². The highest BCUT2D eigenvalue weighted by Gasteiger charge is 2.02. The van der Waals surface area contributed by atoms with Crippen molar-refractivity contribution in [1.82, 2.24) is 10.4 Å². The van der Waals surface area contributed by atoms with Crippen LogP contribution in [0.15, 0.2) is 72.1 Å². The molecule has 0 atom stereocenters. The number of hydrogen-bond donors (Lipinski definition) is 1. The maximum atomic E-state index is 11.9. The highest BCUT2D eigenvalue weighted by molar-refractivity contribution is 6.31. The first kappa shape index (κ1) is 21.3. The molecule has 154 valence electrons. The molecule has 6 nitrogen and oxygen atoms in total. The van der Waals surface area contributed by atoms with E-state index in [9.17, 15) is 4.79 Å². The van der Waals surface area contributed by atoms with Gasteiger partial charge >= 0.3 is 0 Å². The average Bonchev–Trinajstić information content (AvgIpc) is 2.77. The molecule has 1 heterocycles. The fraction of sp³-hybridized carbons (Fsp3) is 0.174. The van der Waals surface area contributed by atoms with Gasteiger partial charge < -0.3 is 9.47 Å². The molecule has 1 N–H and O–H groups in total. The first-order chi connectivity index (χ1) is 14.6. The lowest BCUT2D eigenvalue weighted by Gasteiger charge is -2.09. The molecule has 1 amide bonds. The molecule has 0 radical (unpaired) electrons. The monoisotopic (exact) mass is 423 g/mol. The molecule has 0 aliphatic heterocycles. The van der Waals surface area contributed by atoms with Gasteiger partial charge in [-0.25, -0.2) is 5.43 Å². The van der Waals surface area contributed by atoms with Crippen molar-refractivity contribution in [3.05, 3.63) is 88.7 Å². The number of pyridine rings is 1. The van der Waals surface area contributed by atoms with Gasteiger partial charge in [-0.1, -0.05) is 11.6 Å². The van der Waals surface area contributed by atoms with Gasteiger partial charge in [-0.2, -0.15) is 5.10 Å². The quantitative estimate of drug-likeness (QED) is 0.309. The lowest BCUT2D eigenvalue weighted by atomic mass is 10.2. The van der Waals surface area contributed by atoms with Crippen LogP contribution in [0.4, 0.5) is 0 Å². The number of carbonyl (C=O) groups is 1. The number of amides is 1. The van der Waals surface area contributed by atoms with Crippen LogP contribution < -0.4 is 14.9 Å². The Morgan fingerprint density at radius 2 is 1.70 bits per heavy atom. The number of ether oxygens (including phenoxy) is 2. The molecular formula is C23H22ClN3O3. The van der Waals surface area contributed by atoms with Crippen molar-refractivity contribution in [2.45, 2.75) is 13.3 Å². The second-order valence-corrected chi connectivity index (χ2v) is 6.87. The molecule has 0 aliphatic rings. The largest absolute Gasteiger partial charge is 0.493 e. The maximum absolute atomic E-state index is 11.9. The first-order valence-electron chi connectivity index (χ1n) is 9.47. The van der Waals surface area contributed by atoms with E-state index in [-0.39, 0.29) is 5.91 Å². The smallest absolute Gasteiger partial charge is 0.271 e. The van der Waals surface area contributed by atoms with E-state index >= 15 is 0 Å². The Balaban J connectivity index is 1.37. The summed E-state index contributed by atoms with van der Waals surface area (Å²) in [6.45, 7) is 3.05. The molecule has 0 unspecified atom stereocenters. The number of aromatic nitrogens is 1. The van der Waals surface area contributed by atoms with Gasteiger partial charge in [0.15, 0.2) is 0 Å². The maximum Gasteiger partial charge on any atom is 0.271 e. The number of rotatable bonds is 9. The van der Waals surface area contributed by atoms with Crippen LogP contribution in [0.1, 0.15) is 27.9 Å². The van der Waals surface area contributed by atoms with Crippen molar-refractivity contribution >= 4 is 23.7 Å². The van der Waals surface area contributed by atoms with Gasteiger partial charge in [-0.3, -0.25) is 9.78 Å². The van der Waals surface area contributed by atoms with Gasteiger partial charge in [0, 0.05) is 29.4 Å². The van der Waals surface area contributed by atoms with Crippen molar-refractivity contribution in [1.29, 1.82) is 0 Å². The zero-order valence-electron chi connectivity index (χ0n) is 16.5. The molecule has 7 heteroatoms. The van der Waals surface area contributed by atoms with Crippen molar-refractivity contribution in [3.8, 4) is 11.5 Å². The van der Waals surface area contributed by atoms with E-state index in [0.29, 0.717) is 18.8 Å². The number of nitrogens with zero attached hydrogens (tertiary/aromatic N) is 2. The van der Waals surface area contributed by atoms with E-state index in [4.69, 9.17) is 21.1 Å². The Morgan fingerprint density at radius 1 is 1.03 bits per heavy atom. The Bertz CT molecular complexity index is 992. The topological polar surface area (TPSA) is 72.8 Å². The third kappa shape index (κ3) is 6.60. The molecule has 0 saturated heterocycles. The summed E-state index contributed by atoms with van der Waals surface area (Å²) in [5, 5.41) is 4.70. The third-order valence-corrected chi connectivity index (χ3v) is 4.58. The van der Waals surface area contributed by atoms with Gasteiger partial charge in [0.1, 0.15) is 11.5 Å². The van der Waals surface area contributed by atoms with Crippen LogP contribution in [-0.4, -0.2) is 30.3 Å². The van der Waals surface area contributed by atoms with Gasteiger partial charge in [-0.15, -0.1) is 0 Å². The number of hydrazone groups is 1. The molecule has 0 aliphatic carbocycles. The Kier molecular flexibility index (Phi) is 7.80. The number of carbonyl (C=O) groups excluding carboxylic acids is 1. The van der Waals surface area contributed by atoms with E-state index in [1.807, 2.05) is 49.4 Å². The summed E-state index contributed by atoms with van der Waals surface area (Å²) in [4.78, 5) is 15.8. The molecule has 3 rings (SSSR count). The zero-order valence-corrected chi connectivity index (χ0v) is 17.3. The number of hydrogen-bond acceptors (Lipinski definition) is 5. The molecule has 1 aromatic heterocycles. The minimum Gasteiger partial charge on any atom is -0.493 e. The second-order valence-electron chi connectivity index (χ2n) is 6.47. The standard InChI is InChI=1S/C23H22ClN3O3/c1-17-15-21(7-8-22(17)24)30-14-2-13-29-20-5-3-18(4-6-20)16-26-27-23(28)19-9-11-25-12-10-19/h3-12,15-16H,2,13-14H2,1H3,(H,27,28)/b26-16-. The van der Waals surface area contributed by atoms with Crippen molar-refractivity contribution in [2.24, 2.45) is 5.10 Å². The summed E-state index contributed by atoms with van der Waals surface area (Å²) < 4.78 is 11.4. The second kappa shape index (κ2) is 11.0. The molecule has 0 saturated carbocycles. The van der Waals surface area contributed by atoms with Crippen LogP contribution in [0.25, 0.3) is 0 Å². The Hall–Kier alpha value is -3.38. The highest BCUT2D eigenvalue weighted by Crippen LogP contribution is 2.21. The molecule has 0 bridgehead atoms. The summed E-state index contributed by atoms with van der Waals surface area (Å²) in [6.07, 6.45) is 5.45. The van der Waals surface area contributed by atoms with Crippen LogP contribution >= 0.6 is 11.6 Å². The summed E-state index contributed by atoms with van der Waals surface area (Å²) in [6, 6.07) is 16.3. The van der Waals surface area contributed by atoms with E-state index in [0.717, 1.165) is 34.1 Å². The van der Waals surface area contributed by atoms with Crippen LogP contribution in [-0.2, 0) is 0 Å². The Morgan fingerprint density at radius 3 is 2.40 bits per heavy atom. The van der Waals surface area contributed by atoms with E-state index < -0.39 is 0 Å². The predicted molar refractivity (Wildman–Crippen MR) is 118 cm³/mol. The number of benzene rings is 2. The van der Waals surface area contributed by atoms with Crippen LogP contribution in [0.2, 0.25) is 5.02 Å². The lowest BCUT2D eigenvalue weighted by Crippen LogP contribution is -2.17. The van der Waals surface area contributed by atoms with Crippen LogP contribution in [0, 0.1) is 6.92 Å². The molecule has 30 heavy (non-hydrogen) atoms.